The number of carbonyl (C=O) groups excluding carboxylic acids is 1. The molecule has 2 heterocycles. The van der Waals surface area contributed by atoms with Crippen LogP contribution in [0.2, 0.25) is 0 Å². The number of likely N-dealkylation sites (tertiary alicyclic amines) is 1. The Kier molecular flexibility index (Phi) is 4.87. The summed E-state index contributed by atoms with van der Waals surface area (Å²) in [5.41, 5.74) is -0.348. The lowest BCUT2D eigenvalue weighted by Gasteiger charge is -2.24. The molecule has 2 rings (SSSR count). The molecule has 1 saturated heterocycles. The number of carbonyl (C=O) groups is 1. The number of aromatic nitrogens is 2. The van der Waals surface area contributed by atoms with E-state index in [9.17, 15) is 4.79 Å². The Bertz CT molecular complexity index is 542. The first-order chi connectivity index (χ1) is 10.5. The Morgan fingerprint density at radius 1 is 1.30 bits per heavy atom. The Hall–Kier alpha value is -1.79. The van der Waals surface area contributed by atoms with Crippen LogP contribution >= 0.6 is 0 Å². The molecule has 0 aromatic carbocycles. The number of rotatable bonds is 3. The standard InChI is InChI=1S/C16H28N4O3/c1-15(2,3)10-17-13-19-18-12(22-13)11-7-8-20(9-11)14(21)23-16(4,5)6/h11H,7-10H2,1-6H3,(H,17,19). The van der Waals surface area contributed by atoms with Crippen LogP contribution in [0.15, 0.2) is 4.42 Å². The van der Waals surface area contributed by atoms with Gasteiger partial charge < -0.3 is 19.4 Å². The number of anilines is 1. The lowest BCUT2D eigenvalue weighted by atomic mass is 9.97. The molecule has 1 N–H and O–H groups in total. The van der Waals surface area contributed by atoms with Gasteiger partial charge in [-0.25, -0.2) is 4.79 Å². The molecule has 0 aliphatic carbocycles. The van der Waals surface area contributed by atoms with Gasteiger partial charge in [-0.15, -0.1) is 5.10 Å². The van der Waals surface area contributed by atoms with Crippen molar-refractivity contribution in [3.8, 4) is 0 Å². The molecule has 1 fully saturated rings. The number of nitrogens with one attached hydrogen (secondary N) is 1. The highest BCUT2D eigenvalue weighted by atomic mass is 16.6. The summed E-state index contributed by atoms with van der Waals surface area (Å²) in [6.45, 7) is 13.9. The maximum atomic E-state index is 12.1. The monoisotopic (exact) mass is 324 g/mol. The van der Waals surface area contributed by atoms with Crippen LogP contribution in [0.4, 0.5) is 10.8 Å². The third kappa shape index (κ3) is 5.41. The van der Waals surface area contributed by atoms with Crippen LogP contribution in [0.3, 0.4) is 0 Å². The molecule has 1 aromatic heterocycles. The third-order valence-corrected chi connectivity index (χ3v) is 3.40. The highest BCUT2D eigenvalue weighted by Crippen LogP contribution is 2.28. The fourth-order valence-corrected chi connectivity index (χ4v) is 2.27. The molecule has 1 aliphatic rings. The second-order valence-electron chi connectivity index (χ2n) is 8.27. The average molecular weight is 324 g/mol. The van der Waals surface area contributed by atoms with Gasteiger partial charge in [0.05, 0.1) is 5.92 Å². The van der Waals surface area contributed by atoms with Crippen molar-refractivity contribution in [3.05, 3.63) is 5.89 Å². The molecule has 7 nitrogen and oxygen atoms in total. The third-order valence-electron chi connectivity index (χ3n) is 3.40. The quantitative estimate of drug-likeness (QED) is 0.919. The van der Waals surface area contributed by atoms with E-state index in [2.05, 4.69) is 36.3 Å². The molecule has 130 valence electrons. The maximum Gasteiger partial charge on any atom is 0.410 e. The van der Waals surface area contributed by atoms with Gasteiger partial charge in [0, 0.05) is 19.6 Å². The van der Waals surface area contributed by atoms with E-state index in [1.165, 1.54) is 0 Å². The molecule has 1 unspecified atom stereocenters. The van der Waals surface area contributed by atoms with Crippen molar-refractivity contribution in [2.24, 2.45) is 5.41 Å². The molecule has 1 aliphatic heterocycles. The summed E-state index contributed by atoms with van der Waals surface area (Å²) in [5.74, 6) is 0.646. The van der Waals surface area contributed by atoms with E-state index in [4.69, 9.17) is 9.15 Å². The van der Waals surface area contributed by atoms with Gasteiger partial charge in [0.15, 0.2) is 0 Å². The summed E-state index contributed by atoms with van der Waals surface area (Å²) in [6.07, 6.45) is 0.519. The van der Waals surface area contributed by atoms with Crippen molar-refractivity contribution in [2.45, 2.75) is 59.5 Å². The van der Waals surface area contributed by atoms with Crippen LogP contribution < -0.4 is 5.32 Å². The molecular formula is C16H28N4O3. The van der Waals surface area contributed by atoms with Crippen LogP contribution in [0.5, 0.6) is 0 Å². The van der Waals surface area contributed by atoms with Crippen molar-refractivity contribution in [2.75, 3.05) is 25.0 Å². The van der Waals surface area contributed by atoms with Crippen molar-refractivity contribution >= 4 is 12.1 Å². The van der Waals surface area contributed by atoms with Gasteiger partial charge in [0.25, 0.3) is 0 Å². The van der Waals surface area contributed by atoms with E-state index in [1.54, 1.807) is 4.90 Å². The second kappa shape index (κ2) is 6.37. The van der Waals surface area contributed by atoms with Crippen molar-refractivity contribution < 1.29 is 13.9 Å². The molecule has 0 spiro atoms. The zero-order valence-electron chi connectivity index (χ0n) is 15.0. The van der Waals surface area contributed by atoms with Crippen molar-refractivity contribution in [1.82, 2.24) is 15.1 Å². The highest BCUT2D eigenvalue weighted by molar-refractivity contribution is 5.68. The van der Waals surface area contributed by atoms with Gasteiger partial charge in [-0.05, 0) is 32.6 Å². The van der Waals surface area contributed by atoms with Gasteiger partial charge in [0.1, 0.15) is 5.60 Å². The summed E-state index contributed by atoms with van der Waals surface area (Å²) in [6, 6.07) is 0.436. The molecule has 23 heavy (non-hydrogen) atoms. The molecule has 0 radical (unpaired) electrons. The van der Waals surface area contributed by atoms with E-state index in [1.807, 2.05) is 20.8 Å². The highest BCUT2D eigenvalue weighted by Gasteiger charge is 2.33. The van der Waals surface area contributed by atoms with E-state index in [-0.39, 0.29) is 17.4 Å². The summed E-state index contributed by atoms with van der Waals surface area (Å²) >= 11 is 0. The molecule has 0 saturated carbocycles. The first kappa shape index (κ1) is 17.6. The van der Waals surface area contributed by atoms with Crippen LogP contribution in [0.25, 0.3) is 0 Å². The van der Waals surface area contributed by atoms with E-state index < -0.39 is 5.60 Å². The Morgan fingerprint density at radius 3 is 2.61 bits per heavy atom. The zero-order valence-corrected chi connectivity index (χ0v) is 15.0. The van der Waals surface area contributed by atoms with E-state index >= 15 is 0 Å². The zero-order chi connectivity index (χ0) is 17.3. The Balaban J connectivity index is 1.89. The number of amides is 1. The normalized spacial score (nSPS) is 19.0. The van der Waals surface area contributed by atoms with Crippen molar-refractivity contribution in [1.29, 1.82) is 0 Å². The molecular weight excluding hydrogens is 296 g/mol. The Labute approximate surface area is 137 Å². The fraction of sp³-hybridized carbons (Fsp3) is 0.812. The predicted octanol–water partition coefficient (Wildman–Crippen LogP) is 3.25. The lowest BCUT2D eigenvalue weighted by molar-refractivity contribution is 0.0291. The summed E-state index contributed by atoms with van der Waals surface area (Å²) in [5, 5.41) is 11.3. The summed E-state index contributed by atoms with van der Waals surface area (Å²) in [7, 11) is 0. The first-order valence-corrected chi connectivity index (χ1v) is 8.09. The summed E-state index contributed by atoms with van der Waals surface area (Å²) < 4.78 is 11.1. The minimum Gasteiger partial charge on any atom is -0.444 e. The topological polar surface area (TPSA) is 80.5 Å². The van der Waals surface area contributed by atoms with Gasteiger partial charge in [-0.1, -0.05) is 25.9 Å². The minimum atomic E-state index is -0.482. The van der Waals surface area contributed by atoms with Gasteiger partial charge >= 0.3 is 12.1 Å². The SMILES string of the molecule is CC(C)(C)CNc1nnc(C2CCN(C(=O)OC(C)(C)C)C2)o1. The first-order valence-electron chi connectivity index (χ1n) is 8.09. The largest absolute Gasteiger partial charge is 0.444 e. The summed E-state index contributed by atoms with van der Waals surface area (Å²) in [4.78, 5) is 13.8. The lowest BCUT2D eigenvalue weighted by Crippen LogP contribution is -2.35. The van der Waals surface area contributed by atoms with Crippen LogP contribution in [-0.2, 0) is 4.74 Å². The van der Waals surface area contributed by atoms with Gasteiger partial charge in [-0.2, -0.15) is 0 Å². The maximum absolute atomic E-state index is 12.1. The van der Waals surface area contributed by atoms with E-state index in [0.29, 0.717) is 25.0 Å². The number of hydrogen-bond acceptors (Lipinski definition) is 6. The van der Waals surface area contributed by atoms with E-state index in [0.717, 1.165) is 13.0 Å². The number of ether oxygens (including phenoxy) is 1. The van der Waals surface area contributed by atoms with Crippen LogP contribution in [-0.4, -0.2) is 46.4 Å². The second-order valence-corrected chi connectivity index (χ2v) is 8.27. The van der Waals surface area contributed by atoms with Crippen LogP contribution in [0, 0.1) is 5.41 Å². The minimum absolute atomic E-state index is 0.0696. The molecule has 0 bridgehead atoms. The van der Waals surface area contributed by atoms with Gasteiger partial charge in [-0.3, -0.25) is 0 Å². The van der Waals surface area contributed by atoms with Crippen molar-refractivity contribution in [3.63, 3.8) is 0 Å². The molecule has 1 aromatic rings. The Morgan fingerprint density at radius 2 is 2.00 bits per heavy atom. The number of hydrogen-bond donors (Lipinski definition) is 1. The number of nitrogens with zero attached hydrogens (tertiary/aromatic N) is 3. The van der Waals surface area contributed by atoms with Gasteiger partial charge in [0.2, 0.25) is 5.89 Å². The molecule has 1 atom stereocenters. The predicted molar refractivity (Wildman–Crippen MR) is 87.4 cm³/mol. The average Bonchev–Trinajstić information content (AvgIpc) is 3.02. The van der Waals surface area contributed by atoms with Crippen LogP contribution in [0.1, 0.15) is 59.8 Å². The smallest absolute Gasteiger partial charge is 0.410 e. The molecule has 7 heteroatoms. The molecule has 1 amide bonds. The fourth-order valence-electron chi connectivity index (χ4n) is 2.27.